The van der Waals surface area contributed by atoms with E-state index in [9.17, 15) is 9.59 Å². The Kier molecular flexibility index (Phi) is 4.88. The Bertz CT molecular complexity index is 566. The van der Waals surface area contributed by atoms with Crippen molar-refractivity contribution in [2.45, 2.75) is 25.1 Å². The van der Waals surface area contributed by atoms with E-state index in [1.807, 2.05) is 30.1 Å². The van der Waals surface area contributed by atoms with Gasteiger partial charge in [0.2, 0.25) is 11.8 Å². The molecule has 7 nitrogen and oxygen atoms in total. The lowest BCUT2D eigenvalue weighted by molar-refractivity contribution is -0.131. The third kappa shape index (κ3) is 3.86. The highest BCUT2D eigenvalue weighted by Gasteiger charge is 2.40. The summed E-state index contributed by atoms with van der Waals surface area (Å²) in [4.78, 5) is 32.0. The number of nitrogens with zero attached hydrogens (tertiary/aromatic N) is 3. The second-order valence-electron chi connectivity index (χ2n) is 6.02. The summed E-state index contributed by atoms with van der Waals surface area (Å²) in [6.45, 7) is 2.55. The monoisotopic (exact) mass is 318 g/mol. The van der Waals surface area contributed by atoms with E-state index in [0.29, 0.717) is 39.2 Å². The van der Waals surface area contributed by atoms with Gasteiger partial charge in [-0.15, -0.1) is 0 Å². The van der Waals surface area contributed by atoms with Crippen LogP contribution in [-0.4, -0.2) is 72.0 Å². The summed E-state index contributed by atoms with van der Waals surface area (Å²) in [5.74, 6) is 0.0695. The van der Waals surface area contributed by atoms with Gasteiger partial charge in [0.25, 0.3) is 0 Å². The maximum Gasteiger partial charge on any atom is 0.234 e. The molecule has 0 aromatic carbocycles. The van der Waals surface area contributed by atoms with Crippen molar-refractivity contribution < 1.29 is 14.3 Å². The molecule has 1 N–H and O–H groups in total. The number of ether oxygens (including phenoxy) is 1. The number of carbonyl (C=O) groups excluding carboxylic acids is 2. The van der Waals surface area contributed by atoms with Crippen molar-refractivity contribution in [2.75, 3.05) is 33.3 Å². The molecule has 1 aromatic rings. The first kappa shape index (κ1) is 15.9. The van der Waals surface area contributed by atoms with E-state index in [1.54, 1.807) is 11.1 Å². The number of likely N-dealkylation sites (N-methyl/N-ethyl adjacent to an activating group) is 1. The fourth-order valence-corrected chi connectivity index (χ4v) is 3.11. The zero-order valence-electron chi connectivity index (χ0n) is 13.3. The highest BCUT2D eigenvalue weighted by Crippen LogP contribution is 2.21. The molecule has 3 heterocycles. The second kappa shape index (κ2) is 7.06. The Morgan fingerprint density at radius 3 is 3.09 bits per heavy atom. The topological polar surface area (TPSA) is 74.8 Å². The van der Waals surface area contributed by atoms with Gasteiger partial charge in [0.1, 0.15) is 0 Å². The van der Waals surface area contributed by atoms with Gasteiger partial charge >= 0.3 is 0 Å². The molecule has 124 valence electrons. The predicted molar refractivity (Wildman–Crippen MR) is 83.4 cm³/mol. The minimum Gasteiger partial charge on any atom is -0.374 e. The van der Waals surface area contributed by atoms with Crippen molar-refractivity contribution in [3.05, 3.63) is 30.1 Å². The molecule has 0 radical (unpaired) electrons. The molecule has 0 bridgehead atoms. The Labute approximate surface area is 135 Å². The van der Waals surface area contributed by atoms with Gasteiger partial charge in [-0.05, 0) is 12.1 Å². The maximum atomic E-state index is 12.1. The number of nitrogens with one attached hydrogen (secondary N) is 1. The molecule has 7 heteroatoms. The lowest BCUT2D eigenvalue weighted by atomic mass is 10.2. The van der Waals surface area contributed by atoms with Crippen LogP contribution >= 0.6 is 0 Å². The number of carbonyl (C=O) groups is 2. The minimum absolute atomic E-state index is 0.00459. The molecular formula is C16H22N4O3. The number of rotatable bonds is 4. The molecule has 2 saturated heterocycles. The molecule has 0 aliphatic carbocycles. The smallest absolute Gasteiger partial charge is 0.234 e. The average molecular weight is 318 g/mol. The van der Waals surface area contributed by atoms with E-state index in [-0.39, 0.29) is 24.0 Å². The Morgan fingerprint density at radius 2 is 2.30 bits per heavy atom. The van der Waals surface area contributed by atoms with Crippen molar-refractivity contribution in [2.24, 2.45) is 0 Å². The number of hydrogen-bond acceptors (Lipinski definition) is 5. The molecule has 3 rings (SSSR count). The van der Waals surface area contributed by atoms with Gasteiger partial charge in [-0.2, -0.15) is 0 Å². The zero-order valence-corrected chi connectivity index (χ0v) is 13.3. The van der Waals surface area contributed by atoms with E-state index >= 15 is 0 Å². The molecule has 2 aliphatic rings. The van der Waals surface area contributed by atoms with Crippen LogP contribution in [0.5, 0.6) is 0 Å². The SMILES string of the molecule is CN1C(=O)CCO[C@H]2CN(CC(=O)NCc3ccccn3)C[C@@H]21. The van der Waals surface area contributed by atoms with Crippen LogP contribution in [0.1, 0.15) is 12.1 Å². The molecule has 1 aromatic heterocycles. The summed E-state index contributed by atoms with van der Waals surface area (Å²) >= 11 is 0. The Balaban J connectivity index is 1.49. The van der Waals surface area contributed by atoms with Crippen molar-refractivity contribution >= 4 is 11.8 Å². The van der Waals surface area contributed by atoms with Crippen LogP contribution in [0.25, 0.3) is 0 Å². The zero-order chi connectivity index (χ0) is 16.2. The average Bonchev–Trinajstić information content (AvgIpc) is 2.90. The van der Waals surface area contributed by atoms with Gasteiger partial charge in [0, 0.05) is 26.3 Å². The highest BCUT2D eigenvalue weighted by atomic mass is 16.5. The van der Waals surface area contributed by atoms with Gasteiger partial charge in [-0.25, -0.2) is 0 Å². The third-order valence-electron chi connectivity index (χ3n) is 4.41. The van der Waals surface area contributed by atoms with Crippen LogP contribution in [0, 0.1) is 0 Å². The quantitative estimate of drug-likeness (QED) is 0.820. The highest BCUT2D eigenvalue weighted by molar-refractivity contribution is 5.78. The normalized spacial score (nSPS) is 25.1. The molecule has 0 saturated carbocycles. The van der Waals surface area contributed by atoms with Gasteiger partial charge in [0.15, 0.2) is 0 Å². The summed E-state index contributed by atoms with van der Waals surface area (Å²) in [6, 6.07) is 5.65. The van der Waals surface area contributed by atoms with Crippen molar-refractivity contribution in [1.82, 2.24) is 20.1 Å². The Morgan fingerprint density at radius 1 is 1.43 bits per heavy atom. The van der Waals surface area contributed by atoms with E-state index in [4.69, 9.17) is 4.74 Å². The molecule has 2 atom stereocenters. The van der Waals surface area contributed by atoms with E-state index < -0.39 is 0 Å². The van der Waals surface area contributed by atoms with Crippen LogP contribution in [0.3, 0.4) is 0 Å². The third-order valence-corrected chi connectivity index (χ3v) is 4.41. The van der Waals surface area contributed by atoms with Gasteiger partial charge in [0.05, 0.1) is 44.0 Å². The van der Waals surface area contributed by atoms with Gasteiger partial charge in [-0.1, -0.05) is 6.07 Å². The fraction of sp³-hybridized carbons (Fsp3) is 0.562. The fourth-order valence-electron chi connectivity index (χ4n) is 3.11. The summed E-state index contributed by atoms with van der Waals surface area (Å²) in [6.07, 6.45) is 2.14. The number of likely N-dealkylation sites (tertiary alicyclic amines) is 1. The van der Waals surface area contributed by atoms with Crippen molar-refractivity contribution in [3.63, 3.8) is 0 Å². The summed E-state index contributed by atoms with van der Waals surface area (Å²) in [5, 5.41) is 2.88. The number of pyridine rings is 1. The number of fused-ring (bicyclic) bond motifs is 1. The summed E-state index contributed by atoms with van der Waals surface area (Å²) in [7, 11) is 1.82. The van der Waals surface area contributed by atoms with Crippen LogP contribution in [0.4, 0.5) is 0 Å². The largest absolute Gasteiger partial charge is 0.374 e. The molecule has 0 spiro atoms. The van der Waals surface area contributed by atoms with Crippen LogP contribution in [0.2, 0.25) is 0 Å². The molecular weight excluding hydrogens is 296 g/mol. The minimum atomic E-state index is -0.0407. The first-order chi connectivity index (χ1) is 11.1. The molecule has 23 heavy (non-hydrogen) atoms. The second-order valence-corrected chi connectivity index (χ2v) is 6.02. The van der Waals surface area contributed by atoms with E-state index in [2.05, 4.69) is 10.3 Å². The standard InChI is InChI=1S/C16H22N4O3/c1-19-13-9-20(10-14(13)23-7-5-16(19)22)11-15(21)18-8-12-4-2-3-6-17-12/h2-4,6,13-14H,5,7-11H2,1H3,(H,18,21)/t13-,14-/m0/s1. The Hall–Kier alpha value is -1.99. The van der Waals surface area contributed by atoms with Crippen molar-refractivity contribution in [3.8, 4) is 0 Å². The number of amides is 2. The molecule has 2 aliphatic heterocycles. The van der Waals surface area contributed by atoms with E-state index in [1.165, 1.54) is 0 Å². The lowest BCUT2D eigenvalue weighted by Crippen LogP contribution is -2.43. The van der Waals surface area contributed by atoms with Crippen molar-refractivity contribution in [1.29, 1.82) is 0 Å². The molecule has 2 fully saturated rings. The maximum absolute atomic E-state index is 12.1. The van der Waals surface area contributed by atoms with Gasteiger partial charge < -0.3 is 15.0 Å². The summed E-state index contributed by atoms with van der Waals surface area (Å²) < 4.78 is 5.76. The molecule has 0 unspecified atom stereocenters. The molecule has 2 amide bonds. The lowest BCUT2D eigenvalue weighted by Gasteiger charge is -2.25. The van der Waals surface area contributed by atoms with Crippen LogP contribution in [-0.2, 0) is 20.9 Å². The van der Waals surface area contributed by atoms with Gasteiger partial charge in [-0.3, -0.25) is 19.5 Å². The van der Waals surface area contributed by atoms with Crippen LogP contribution < -0.4 is 5.32 Å². The summed E-state index contributed by atoms with van der Waals surface area (Å²) in [5.41, 5.74) is 0.834. The first-order valence-corrected chi connectivity index (χ1v) is 7.89. The van der Waals surface area contributed by atoms with Crippen LogP contribution in [0.15, 0.2) is 24.4 Å². The predicted octanol–water partition coefficient (Wildman–Crippen LogP) is -0.371. The number of aromatic nitrogens is 1. The first-order valence-electron chi connectivity index (χ1n) is 7.89. The van der Waals surface area contributed by atoms with E-state index in [0.717, 1.165) is 5.69 Å². The number of hydrogen-bond donors (Lipinski definition) is 1.